The van der Waals surface area contributed by atoms with Gasteiger partial charge < -0.3 is 25.4 Å². The van der Waals surface area contributed by atoms with Gasteiger partial charge in [-0.25, -0.2) is 0 Å². The molecule has 6 nitrogen and oxygen atoms in total. The maximum Gasteiger partial charge on any atom is 0.127 e. The van der Waals surface area contributed by atoms with Crippen molar-refractivity contribution in [2.75, 3.05) is 33.9 Å². The largest absolute Gasteiger partial charge is 0.393 e. The average molecular weight is 300 g/mol. The Morgan fingerprint density at radius 2 is 2.00 bits per heavy atom. The summed E-state index contributed by atoms with van der Waals surface area (Å²) in [6, 6.07) is 0.160. The molecule has 0 aliphatic heterocycles. The van der Waals surface area contributed by atoms with Crippen molar-refractivity contribution in [1.29, 1.82) is 5.41 Å². The van der Waals surface area contributed by atoms with E-state index in [-0.39, 0.29) is 12.1 Å². The van der Waals surface area contributed by atoms with Gasteiger partial charge in [0.15, 0.2) is 0 Å². The Kier molecular flexibility index (Phi) is 9.82. The second-order valence-electron chi connectivity index (χ2n) is 5.32. The first kappa shape index (κ1) is 19.7. The number of rotatable bonds is 10. The van der Waals surface area contributed by atoms with Crippen LogP contribution in [-0.2, 0) is 4.74 Å². The highest BCUT2D eigenvalue weighted by molar-refractivity contribution is 5.95. The van der Waals surface area contributed by atoms with Crippen LogP contribution in [0.2, 0.25) is 0 Å². The topological polar surface area (TPSA) is 80.6 Å². The van der Waals surface area contributed by atoms with Gasteiger partial charge in [-0.1, -0.05) is 0 Å². The molecule has 0 fully saturated rings. The van der Waals surface area contributed by atoms with E-state index in [1.807, 2.05) is 32.7 Å². The van der Waals surface area contributed by atoms with Gasteiger partial charge in [-0.15, -0.1) is 0 Å². The Morgan fingerprint density at radius 3 is 2.43 bits per heavy atom. The average Bonchev–Trinajstić information content (AvgIpc) is 2.44. The fourth-order valence-electron chi connectivity index (χ4n) is 2.03. The van der Waals surface area contributed by atoms with E-state index in [9.17, 15) is 5.11 Å². The molecule has 4 N–H and O–H groups in total. The second-order valence-corrected chi connectivity index (χ2v) is 5.32. The predicted octanol–water partition coefficient (Wildman–Crippen LogP) is 1.13. The maximum absolute atomic E-state index is 9.40. The third-order valence-electron chi connectivity index (χ3n) is 3.30. The molecule has 0 aliphatic rings. The number of aliphatic hydroxyl groups is 1. The molecule has 1 unspecified atom stereocenters. The molecule has 6 heteroatoms. The third-order valence-corrected chi connectivity index (χ3v) is 3.30. The number of hydrogen-bond donors (Lipinski definition) is 4. The zero-order valence-corrected chi connectivity index (χ0v) is 14.3. The molecule has 0 aromatic heterocycles. The highest BCUT2D eigenvalue weighted by atomic mass is 16.5. The molecule has 0 aromatic rings. The molecule has 0 aliphatic carbocycles. The molecule has 0 bridgehead atoms. The lowest BCUT2D eigenvalue weighted by atomic mass is 10.2. The number of ether oxygens (including phenoxy) is 1. The van der Waals surface area contributed by atoms with Crippen LogP contribution in [0.3, 0.4) is 0 Å². The lowest BCUT2D eigenvalue weighted by Crippen LogP contribution is -2.39. The first-order chi connectivity index (χ1) is 9.87. The number of aliphatic hydroxyl groups excluding tert-OH is 1. The molecule has 0 radical (unpaired) electrons. The zero-order chi connectivity index (χ0) is 16.4. The molecule has 0 heterocycles. The fourth-order valence-corrected chi connectivity index (χ4v) is 2.03. The number of likely N-dealkylation sites (N-methyl/N-ethyl adjacent to an activating group) is 1. The van der Waals surface area contributed by atoms with Crippen LogP contribution in [0.25, 0.3) is 0 Å². The molecule has 0 saturated carbocycles. The normalized spacial score (nSPS) is 15.0. The van der Waals surface area contributed by atoms with Crippen molar-refractivity contribution in [2.45, 2.75) is 46.3 Å². The minimum absolute atomic E-state index is 0.160. The summed E-state index contributed by atoms with van der Waals surface area (Å²) >= 11 is 0. The quantitative estimate of drug-likeness (QED) is 0.359. The summed E-state index contributed by atoms with van der Waals surface area (Å²) in [5.41, 5.74) is 0.855. The summed E-state index contributed by atoms with van der Waals surface area (Å²) < 4.78 is 5.12. The van der Waals surface area contributed by atoms with Crippen molar-refractivity contribution in [3.63, 3.8) is 0 Å². The van der Waals surface area contributed by atoms with Crippen LogP contribution < -0.4 is 10.6 Å². The number of hydrogen-bond acceptors (Lipinski definition) is 5. The van der Waals surface area contributed by atoms with Crippen molar-refractivity contribution in [3.8, 4) is 0 Å². The van der Waals surface area contributed by atoms with Gasteiger partial charge in [0, 0.05) is 38.9 Å². The standard InChI is InChI=1S/C15H32N4O2/c1-7-19(9-8-12(3)20)14(16)13(4)15(17-5)18-11(2)10-21-6/h11-12,16-18,20H,7-10H2,1-6H3/t11-,12?/m1/s1. The summed E-state index contributed by atoms with van der Waals surface area (Å²) in [4.78, 5) is 1.96. The lowest BCUT2D eigenvalue weighted by Gasteiger charge is -2.27. The van der Waals surface area contributed by atoms with Crippen molar-refractivity contribution in [3.05, 3.63) is 11.4 Å². The summed E-state index contributed by atoms with van der Waals surface area (Å²) in [5.74, 6) is 1.31. The van der Waals surface area contributed by atoms with Crippen LogP contribution in [0, 0.1) is 5.41 Å². The summed E-state index contributed by atoms with van der Waals surface area (Å²) in [7, 11) is 3.51. The smallest absolute Gasteiger partial charge is 0.127 e. The minimum Gasteiger partial charge on any atom is -0.393 e. The molecule has 0 saturated heterocycles. The zero-order valence-electron chi connectivity index (χ0n) is 14.3. The molecule has 21 heavy (non-hydrogen) atoms. The van der Waals surface area contributed by atoms with E-state index in [0.717, 1.165) is 17.9 Å². The van der Waals surface area contributed by atoms with Crippen LogP contribution in [0.5, 0.6) is 0 Å². The SMILES string of the molecule is CCN(CCC(C)O)C(=N)C(C)=C(NC)N[C@H](C)COC. The predicted molar refractivity (Wildman–Crippen MR) is 87.5 cm³/mol. The van der Waals surface area contributed by atoms with Gasteiger partial charge in [0.2, 0.25) is 0 Å². The summed E-state index contributed by atoms with van der Waals surface area (Å²) in [6.45, 7) is 9.76. The van der Waals surface area contributed by atoms with Crippen LogP contribution >= 0.6 is 0 Å². The first-order valence-corrected chi connectivity index (χ1v) is 7.53. The molecule has 124 valence electrons. The van der Waals surface area contributed by atoms with Crippen LogP contribution in [0.4, 0.5) is 0 Å². The fraction of sp³-hybridized carbons (Fsp3) is 0.800. The number of nitrogens with zero attached hydrogens (tertiary/aromatic N) is 1. The van der Waals surface area contributed by atoms with Crippen molar-refractivity contribution in [1.82, 2.24) is 15.5 Å². The molecule has 0 spiro atoms. The molecule has 0 amide bonds. The monoisotopic (exact) mass is 300 g/mol. The Labute approximate surface area is 129 Å². The van der Waals surface area contributed by atoms with E-state index in [1.165, 1.54) is 0 Å². The highest BCUT2D eigenvalue weighted by Gasteiger charge is 2.15. The molecule has 0 rings (SSSR count). The Bertz CT molecular complexity index is 343. The van der Waals surface area contributed by atoms with E-state index in [4.69, 9.17) is 10.1 Å². The van der Waals surface area contributed by atoms with Gasteiger partial charge in [-0.05, 0) is 34.1 Å². The number of amidine groups is 1. The number of methoxy groups -OCH3 is 1. The Balaban J connectivity index is 4.89. The van der Waals surface area contributed by atoms with Crippen molar-refractivity contribution >= 4 is 5.84 Å². The van der Waals surface area contributed by atoms with Gasteiger partial charge >= 0.3 is 0 Å². The highest BCUT2D eigenvalue weighted by Crippen LogP contribution is 2.07. The van der Waals surface area contributed by atoms with E-state index in [1.54, 1.807) is 14.0 Å². The van der Waals surface area contributed by atoms with Crippen molar-refractivity contribution in [2.24, 2.45) is 0 Å². The van der Waals surface area contributed by atoms with E-state index >= 15 is 0 Å². The van der Waals surface area contributed by atoms with Gasteiger partial charge in [-0.2, -0.15) is 0 Å². The molecular formula is C15H32N4O2. The summed E-state index contributed by atoms with van der Waals surface area (Å²) in [5, 5.41) is 24.2. The molecule has 0 aromatic carbocycles. The first-order valence-electron chi connectivity index (χ1n) is 7.53. The molecule has 2 atom stereocenters. The Morgan fingerprint density at radius 1 is 1.38 bits per heavy atom. The molecular weight excluding hydrogens is 268 g/mol. The van der Waals surface area contributed by atoms with Crippen LogP contribution in [-0.4, -0.2) is 61.8 Å². The lowest BCUT2D eigenvalue weighted by molar-refractivity contribution is 0.173. The Hall–Kier alpha value is -1.27. The van der Waals surface area contributed by atoms with Gasteiger partial charge in [0.1, 0.15) is 11.7 Å². The minimum atomic E-state index is -0.347. The second kappa shape index (κ2) is 10.5. The van der Waals surface area contributed by atoms with E-state index in [0.29, 0.717) is 25.4 Å². The van der Waals surface area contributed by atoms with Gasteiger partial charge in [-0.3, -0.25) is 5.41 Å². The van der Waals surface area contributed by atoms with E-state index < -0.39 is 0 Å². The van der Waals surface area contributed by atoms with Gasteiger partial charge in [0.05, 0.1) is 12.7 Å². The van der Waals surface area contributed by atoms with Gasteiger partial charge in [0.25, 0.3) is 0 Å². The van der Waals surface area contributed by atoms with E-state index in [2.05, 4.69) is 10.6 Å². The van der Waals surface area contributed by atoms with Crippen LogP contribution in [0.15, 0.2) is 11.4 Å². The third kappa shape index (κ3) is 7.34. The van der Waals surface area contributed by atoms with Crippen LogP contribution in [0.1, 0.15) is 34.1 Å². The maximum atomic E-state index is 9.40. The number of nitrogens with one attached hydrogen (secondary N) is 3. The summed E-state index contributed by atoms with van der Waals surface area (Å²) in [6.07, 6.45) is 0.311. The van der Waals surface area contributed by atoms with Crippen molar-refractivity contribution < 1.29 is 9.84 Å².